The van der Waals surface area contributed by atoms with Crippen molar-refractivity contribution in [2.45, 2.75) is 4.90 Å². The maximum absolute atomic E-state index is 12.3. The second-order valence-electron chi connectivity index (χ2n) is 4.96. The Morgan fingerprint density at radius 1 is 1.04 bits per heavy atom. The quantitative estimate of drug-likeness (QED) is 0.641. The largest absolute Gasteiger partial charge is 0.332 e. The van der Waals surface area contributed by atoms with E-state index in [1.807, 2.05) is 0 Å². The van der Waals surface area contributed by atoms with Crippen LogP contribution in [-0.4, -0.2) is 31.7 Å². The number of benzene rings is 1. The van der Waals surface area contributed by atoms with Gasteiger partial charge in [0.15, 0.2) is 11.2 Å². The van der Waals surface area contributed by atoms with Gasteiger partial charge >= 0.3 is 5.69 Å². The van der Waals surface area contributed by atoms with Crippen LogP contribution in [-0.2, 0) is 24.2 Å². The number of rotatable bonds is 2. The molecule has 0 atom stereocenters. The molecule has 3 rings (SSSR count). The van der Waals surface area contributed by atoms with Gasteiger partial charge in [0.25, 0.3) is 15.7 Å². The molecule has 2 heterocycles. The van der Waals surface area contributed by atoms with Crippen LogP contribution in [0.1, 0.15) is 0 Å². The Bertz CT molecular complexity index is 1140. The minimum Gasteiger partial charge on any atom is -0.293 e. The third-order valence-corrected chi connectivity index (χ3v) is 4.43. The molecule has 0 aliphatic carbocycles. The Morgan fingerprint density at radius 2 is 1.65 bits per heavy atom. The normalized spacial score (nSPS) is 12.0. The predicted molar refractivity (Wildman–Crippen MR) is 81.4 cm³/mol. The van der Waals surface area contributed by atoms with Crippen molar-refractivity contribution < 1.29 is 13.0 Å². The van der Waals surface area contributed by atoms with E-state index in [4.69, 9.17) is 4.55 Å². The fraction of sp³-hybridized carbons (Fsp3) is 0.154. The van der Waals surface area contributed by atoms with Crippen LogP contribution >= 0.6 is 0 Å². The molecule has 120 valence electrons. The SMILES string of the molecule is Cn1c(=O)c2c(ncn2-c2ccc(S(=O)(=O)O)cc2)n(C)c1=O. The van der Waals surface area contributed by atoms with E-state index < -0.39 is 21.4 Å². The summed E-state index contributed by atoms with van der Waals surface area (Å²) in [4.78, 5) is 28.0. The van der Waals surface area contributed by atoms with E-state index in [9.17, 15) is 18.0 Å². The first-order valence-corrected chi connectivity index (χ1v) is 7.87. The summed E-state index contributed by atoms with van der Waals surface area (Å²) in [6.45, 7) is 0. The lowest BCUT2D eigenvalue weighted by molar-refractivity contribution is 0.483. The summed E-state index contributed by atoms with van der Waals surface area (Å²) in [6, 6.07) is 5.27. The van der Waals surface area contributed by atoms with Crippen molar-refractivity contribution in [3.8, 4) is 5.69 Å². The lowest BCUT2D eigenvalue weighted by Gasteiger charge is -2.07. The van der Waals surface area contributed by atoms with Crippen molar-refractivity contribution in [2.24, 2.45) is 14.1 Å². The summed E-state index contributed by atoms with van der Waals surface area (Å²) in [5.41, 5.74) is -0.129. The maximum Gasteiger partial charge on any atom is 0.332 e. The summed E-state index contributed by atoms with van der Waals surface area (Å²) in [5, 5.41) is 0. The van der Waals surface area contributed by atoms with E-state index in [1.54, 1.807) is 0 Å². The van der Waals surface area contributed by atoms with Gasteiger partial charge in [0.05, 0.1) is 4.90 Å². The minimum absolute atomic E-state index is 0.189. The van der Waals surface area contributed by atoms with Crippen LogP contribution in [0.15, 0.2) is 45.1 Å². The third-order valence-electron chi connectivity index (χ3n) is 3.56. The average molecular weight is 336 g/mol. The number of aromatic nitrogens is 4. The molecule has 1 N–H and O–H groups in total. The highest BCUT2D eigenvalue weighted by Crippen LogP contribution is 2.16. The molecule has 23 heavy (non-hydrogen) atoms. The lowest BCUT2D eigenvalue weighted by Crippen LogP contribution is -2.37. The molecule has 9 nitrogen and oxygen atoms in total. The van der Waals surface area contributed by atoms with Crippen LogP contribution in [0.2, 0.25) is 0 Å². The summed E-state index contributed by atoms with van der Waals surface area (Å²) in [7, 11) is -1.43. The van der Waals surface area contributed by atoms with Gasteiger partial charge in [-0.3, -0.25) is 23.0 Å². The molecule has 0 saturated carbocycles. The molecule has 3 aromatic rings. The number of nitrogens with zero attached hydrogens (tertiary/aromatic N) is 4. The molecule has 0 aliphatic heterocycles. The van der Waals surface area contributed by atoms with Crippen LogP contribution in [0.3, 0.4) is 0 Å². The number of fused-ring (bicyclic) bond motifs is 1. The first-order chi connectivity index (χ1) is 10.7. The van der Waals surface area contributed by atoms with Crippen molar-refractivity contribution >= 4 is 21.3 Å². The van der Waals surface area contributed by atoms with Gasteiger partial charge in [-0.1, -0.05) is 0 Å². The summed E-state index contributed by atoms with van der Waals surface area (Å²) in [5.74, 6) is 0. The number of hydrogen-bond donors (Lipinski definition) is 1. The second-order valence-corrected chi connectivity index (χ2v) is 6.38. The second kappa shape index (κ2) is 4.89. The molecule has 0 unspecified atom stereocenters. The van der Waals surface area contributed by atoms with Gasteiger partial charge in [-0.15, -0.1) is 0 Å². The van der Waals surface area contributed by atoms with Crippen molar-refractivity contribution in [2.75, 3.05) is 0 Å². The molecule has 1 aromatic carbocycles. The molecule has 0 amide bonds. The fourth-order valence-corrected chi connectivity index (χ4v) is 2.80. The van der Waals surface area contributed by atoms with Crippen molar-refractivity contribution in [3.63, 3.8) is 0 Å². The number of aryl methyl sites for hydroxylation is 1. The molecule has 0 spiro atoms. The van der Waals surface area contributed by atoms with Crippen molar-refractivity contribution in [1.29, 1.82) is 0 Å². The number of imidazole rings is 1. The van der Waals surface area contributed by atoms with E-state index >= 15 is 0 Å². The Hall–Kier alpha value is -2.72. The van der Waals surface area contributed by atoms with Gasteiger partial charge in [0.1, 0.15) is 6.33 Å². The van der Waals surface area contributed by atoms with Gasteiger partial charge in [0.2, 0.25) is 0 Å². The van der Waals surface area contributed by atoms with E-state index in [0.717, 1.165) is 4.57 Å². The van der Waals surface area contributed by atoms with Crippen molar-refractivity contribution in [1.82, 2.24) is 18.7 Å². The first kappa shape index (κ1) is 15.2. The lowest BCUT2D eigenvalue weighted by atomic mass is 10.3. The molecule has 0 saturated heterocycles. The molecule has 0 aliphatic rings. The van der Waals surface area contributed by atoms with Gasteiger partial charge in [-0.2, -0.15) is 8.42 Å². The Morgan fingerprint density at radius 3 is 2.22 bits per heavy atom. The van der Waals surface area contributed by atoms with E-state index in [1.165, 1.54) is 53.8 Å². The predicted octanol–water partition coefficient (Wildman–Crippen LogP) is -0.330. The maximum atomic E-state index is 12.3. The highest BCUT2D eigenvalue weighted by Gasteiger charge is 2.16. The molecule has 0 bridgehead atoms. The Balaban J connectivity index is 2.30. The molecule has 0 radical (unpaired) electrons. The van der Waals surface area contributed by atoms with E-state index in [2.05, 4.69) is 4.98 Å². The third kappa shape index (κ3) is 2.28. The molecule has 10 heteroatoms. The fourth-order valence-electron chi connectivity index (χ4n) is 2.32. The minimum atomic E-state index is -4.29. The smallest absolute Gasteiger partial charge is 0.293 e. The zero-order valence-electron chi connectivity index (χ0n) is 12.2. The first-order valence-electron chi connectivity index (χ1n) is 6.43. The van der Waals surface area contributed by atoms with Gasteiger partial charge < -0.3 is 0 Å². The van der Waals surface area contributed by atoms with Crippen LogP contribution in [0.5, 0.6) is 0 Å². The average Bonchev–Trinajstić information content (AvgIpc) is 2.95. The standard InChI is InChI=1S/C13H12N4O5S/c1-15-11-10(12(18)16(2)13(15)19)17(7-14-11)8-3-5-9(6-4-8)23(20,21)22/h3-7H,1-2H3,(H,20,21,22). The molecule has 0 fully saturated rings. The van der Waals surface area contributed by atoms with E-state index in [-0.39, 0.29) is 16.1 Å². The monoisotopic (exact) mass is 336 g/mol. The molecule has 2 aromatic heterocycles. The number of hydrogen-bond acceptors (Lipinski definition) is 5. The zero-order valence-corrected chi connectivity index (χ0v) is 13.0. The Kier molecular flexibility index (Phi) is 3.23. The summed E-state index contributed by atoms with van der Waals surface area (Å²) >= 11 is 0. The van der Waals surface area contributed by atoms with Crippen LogP contribution < -0.4 is 11.2 Å². The topological polar surface area (TPSA) is 116 Å². The summed E-state index contributed by atoms with van der Waals surface area (Å²) < 4.78 is 34.8. The molecular formula is C13H12N4O5S. The zero-order chi connectivity index (χ0) is 16.9. The van der Waals surface area contributed by atoms with Gasteiger partial charge in [0, 0.05) is 19.8 Å². The van der Waals surface area contributed by atoms with Crippen LogP contribution in [0.4, 0.5) is 0 Å². The Labute approximate surface area is 129 Å². The van der Waals surface area contributed by atoms with Gasteiger partial charge in [-0.25, -0.2) is 9.78 Å². The van der Waals surface area contributed by atoms with Crippen LogP contribution in [0.25, 0.3) is 16.9 Å². The van der Waals surface area contributed by atoms with Crippen LogP contribution in [0, 0.1) is 0 Å². The highest BCUT2D eigenvalue weighted by molar-refractivity contribution is 7.85. The van der Waals surface area contributed by atoms with Crippen molar-refractivity contribution in [3.05, 3.63) is 51.4 Å². The summed E-state index contributed by atoms with van der Waals surface area (Å²) in [6.07, 6.45) is 1.37. The highest BCUT2D eigenvalue weighted by atomic mass is 32.2. The van der Waals surface area contributed by atoms with E-state index in [0.29, 0.717) is 5.69 Å². The molecular weight excluding hydrogens is 324 g/mol. The van der Waals surface area contributed by atoms with Gasteiger partial charge in [-0.05, 0) is 24.3 Å².